The van der Waals surface area contributed by atoms with Crippen molar-refractivity contribution in [2.75, 3.05) is 0 Å². The zero-order valence-corrected chi connectivity index (χ0v) is 14.1. The number of amides is 1. The molecule has 0 aromatic heterocycles. The van der Waals surface area contributed by atoms with E-state index in [1.165, 1.54) is 11.1 Å². The van der Waals surface area contributed by atoms with Crippen molar-refractivity contribution in [3.05, 3.63) is 35.4 Å². The summed E-state index contributed by atoms with van der Waals surface area (Å²) < 4.78 is 0. The van der Waals surface area contributed by atoms with E-state index >= 15 is 0 Å². The van der Waals surface area contributed by atoms with Crippen LogP contribution >= 0.6 is 0 Å². The van der Waals surface area contributed by atoms with Gasteiger partial charge in [0, 0.05) is 12.0 Å². The van der Waals surface area contributed by atoms with E-state index in [2.05, 4.69) is 50.4 Å². The Hall–Kier alpha value is -1.35. The summed E-state index contributed by atoms with van der Waals surface area (Å²) in [5.74, 6) is 0.635. The third-order valence-electron chi connectivity index (χ3n) is 4.69. The maximum absolute atomic E-state index is 12.5. The third kappa shape index (κ3) is 4.33. The highest BCUT2D eigenvalue weighted by molar-refractivity contribution is 5.79. The zero-order valence-electron chi connectivity index (χ0n) is 14.1. The molecule has 1 fully saturated rings. The Bertz CT molecular complexity index is 481. The minimum Gasteiger partial charge on any atom is -0.349 e. The first-order valence-electron chi connectivity index (χ1n) is 8.66. The molecule has 3 heteroatoms. The molecule has 0 spiro atoms. The van der Waals surface area contributed by atoms with Crippen LogP contribution in [0.1, 0.15) is 63.6 Å². The van der Waals surface area contributed by atoms with Gasteiger partial charge in [-0.15, -0.1) is 0 Å². The summed E-state index contributed by atoms with van der Waals surface area (Å²) in [6.45, 7) is 6.51. The topological polar surface area (TPSA) is 55.1 Å². The summed E-state index contributed by atoms with van der Waals surface area (Å²) >= 11 is 0. The highest BCUT2D eigenvalue weighted by Crippen LogP contribution is 2.27. The van der Waals surface area contributed by atoms with E-state index in [9.17, 15) is 4.79 Å². The highest BCUT2D eigenvalue weighted by atomic mass is 16.1. The molecule has 1 aliphatic carbocycles. The second-order valence-corrected chi connectivity index (χ2v) is 6.99. The summed E-state index contributed by atoms with van der Waals surface area (Å²) in [6.07, 6.45) is 4.99. The molecule has 1 aromatic carbocycles. The van der Waals surface area contributed by atoms with Crippen molar-refractivity contribution in [3.8, 4) is 0 Å². The Kier molecular flexibility index (Phi) is 6.01. The van der Waals surface area contributed by atoms with E-state index in [1.54, 1.807) is 0 Å². The summed E-state index contributed by atoms with van der Waals surface area (Å²) in [7, 11) is 0. The fraction of sp³-hybridized carbons (Fsp3) is 0.632. The molecule has 3 unspecified atom stereocenters. The molecule has 0 heterocycles. The fourth-order valence-corrected chi connectivity index (χ4v) is 3.34. The molecular weight excluding hydrogens is 272 g/mol. The Morgan fingerprint density at radius 1 is 1.27 bits per heavy atom. The van der Waals surface area contributed by atoms with Crippen LogP contribution in [0.5, 0.6) is 0 Å². The number of hydrogen-bond acceptors (Lipinski definition) is 2. The number of rotatable bonds is 6. The molecule has 1 aromatic rings. The lowest BCUT2D eigenvalue weighted by Crippen LogP contribution is -2.36. The maximum atomic E-state index is 12.5. The van der Waals surface area contributed by atoms with E-state index in [1.807, 2.05) is 0 Å². The van der Waals surface area contributed by atoms with Crippen molar-refractivity contribution in [1.82, 2.24) is 5.32 Å². The number of hydrogen-bond donors (Lipinski definition) is 2. The zero-order chi connectivity index (χ0) is 16.1. The van der Waals surface area contributed by atoms with Gasteiger partial charge in [0.25, 0.3) is 0 Å². The van der Waals surface area contributed by atoms with Crippen LogP contribution in [0.3, 0.4) is 0 Å². The molecule has 3 N–H and O–H groups in total. The lowest BCUT2D eigenvalue weighted by atomic mass is 9.93. The minimum atomic E-state index is 0.0833. The van der Waals surface area contributed by atoms with Crippen LogP contribution < -0.4 is 11.1 Å². The summed E-state index contributed by atoms with van der Waals surface area (Å²) in [5, 5.41) is 3.25. The minimum absolute atomic E-state index is 0.0833. The molecule has 2 rings (SSSR count). The first-order valence-corrected chi connectivity index (χ1v) is 8.66. The molecule has 122 valence electrons. The van der Waals surface area contributed by atoms with Gasteiger partial charge in [-0.2, -0.15) is 0 Å². The number of benzene rings is 1. The third-order valence-corrected chi connectivity index (χ3v) is 4.69. The van der Waals surface area contributed by atoms with Crippen LogP contribution in [-0.4, -0.2) is 11.9 Å². The average molecular weight is 302 g/mol. The first kappa shape index (κ1) is 17.0. The largest absolute Gasteiger partial charge is 0.349 e. The van der Waals surface area contributed by atoms with Gasteiger partial charge in [0.15, 0.2) is 0 Å². The van der Waals surface area contributed by atoms with E-state index in [0.717, 1.165) is 32.1 Å². The normalized spacial score (nSPS) is 22.8. The van der Waals surface area contributed by atoms with Crippen LogP contribution in [0.2, 0.25) is 0 Å². The number of carbonyl (C=O) groups excluding carboxylic acids is 1. The van der Waals surface area contributed by atoms with Crippen LogP contribution in [0, 0.1) is 11.8 Å². The van der Waals surface area contributed by atoms with E-state index in [-0.39, 0.29) is 23.9 Å². The van der Waals surface area contributed by atoms with Gasteiger partial charge in [-0.05, 0) is 42.7 Å². The monoisotopic (exact) mass is 302 g/mol. The van der Waals surface area contributed by atoms with Gasteiger partial charge in [-0.1, -0.05) is 51.5 Å². The van der Waals surface area contributed by atoms with Crippen molar-refractivity contribution in [2.24, 2.45) is 17.6 Å². The lowest BCUT2D eigenvalue weighted by molar-refractivity contribution is -0.125. The molecule has 0 saturated heterocycles. The number of nitrogens with two attached hydrogens (primary N) is 1. The molecule has 3 atom stereocenters. The van der Waals surface area contributed by atoms with Gasteiger partial charge in [-0.3, -0.25) is 4.79 Å². The Morgan fingerprint density at radius 2 is 1.95 bits per heavy atom. The lowest BCUT2D eigenvalue weighted by Gasteiger charge is -2.25. The molecule has 3 nitrogen and oxygen atoms in total. The summed E-state index contributed by atoms with van der Waals surface area (Å²) in [6, 6.07) is 8.98. The Labute approximate surface area is 134 Å². The molecule has 1 saturated carbocycles. The Morgan fingerprint density at radius 3 is 2.45 bits per heavy atom. The van der Waals surface area contributed by atoms with Crippen molar-refractivity contribution >= 4 is 5.91 Å². The van der Waals surface area contributed by atoms with Gasteiger partial charge in [0.1, 0.15) is 0 Å². The fourth-order valence-electron chi connectivity index (χ4n) is 3.34. The van der Waals surface area contributed by atoms with E-state index in [4.69, 9.17) is 5.73 Å². The first-order chi connectivity index (χ1) is 10.5. The summed E-state index contributed by atoms with van der Waals surface area (Å²) in [5.41, 5.74) is 8.49. The predicted octanol–water partition coefficient (Wildman–Crippen LogP) is 3.58. The molecular formula is C19H30N2O. The van der Waals surface area contributed by atoms with Gasteiger partial charge >= 0.3 is 0 Å². The van der Waals surface area contributed by atoms with Gasteiger partial charge < -0.3 is 11.1 Å². The van der Waals surface area contributed by atoms with Gasteiger partial charge in [0.05, 0.1) is 6.04 Å². The molecule has 0 radical (unpaired) electrons. The number of aryl methyl sites for hydroxylation is 1. The molecule has 0 aliphatic heterocycles. The van der Waals surface area contributed by atoms with E-state index in [0.29, 0.717) is 5.92 Å². The van der Waals surface area contributed by atoms with Crippen molar-refractivity contribution in [2.45, 2.75) is 65.0 Å². The van der Waals surface area contributed by atoms with Gasteiger partial charge in [0.2, 0.25) is 5.91 Å². The van der Waals surface area contributed by atoms with Crippen LogP contribution in [0.25, 0.3) is 0 Å². The SMILES string of the molecule is CCCc1ccc(C(NC(=O)C2CCC(N)C2)C(C)C)cc1. The number of carbonyl (C=O) groups is 1. The van der Waals surface area contributed by atoms with Crippen molar-refractivity contribution < 1.29 is 4.79 Å². The maximum Gasteiger partial charge on any atom is 0.223 e. The highest BCUT2D eigenvalue weighted by Gasteiger charge is 2.29. The quantitative estimate of drug-likeness (QED) is 0.844. The van der Waals surface area contributed by atoms with E-state index < -0.39 is 0 Å². The number of nitrogens with one attached hydrogen (secondary N) is 1. The standard InChI is InChI=1S/C19H30N2O/c1-4-5-14-6-8-15(9-7-14)18(13(2)3)21-19(22)16-10-11-17(20)12-16/h6-9,13,16-18H,4-5,10-12,20H2,1-3H3,(H,21,22). The smallest absolute Gasteiger partial charge is 0.223 e. The summed E-state index contributed by atoms with van der Waals surface area (Å²) in [4.78, 5) is 12.5. The second-order valence-electron chi connectivity index (χ2n) is 6.99. The van der Waals surface area contributed by atoms with Crippen molar-refractivity contribution in [3.63, 3.8) is 0 Å². The Balaban J connectivity index is 2.04. The van der Waals surface area contributed by atoms with Gasteiger partial charge in [-0.25, -0.2) is 0 Å². The average Bonchev–Trinajstić information content (AvgIpc) is 2.92. The van der Waals surface area contributed by atoms with Crippen molar-refractivity contribution in [1.29, 1.82) is 0 Å². The van der Waals surface area contributed by atoms with Crippen LogP contribution in [-0.2, 0) is 11.2 Å². The molecule has 1 amide bonds. The molecule has 0 bridgehead atoms. The van der Waals surface area contributed by atoms with Crippen LogP contribution in [0.4, 0.5) is 0 Å². The predicted molar refractivity (Wildman–Crippen MR) is 91.5 cm³/mol. The van der Waals surface area contributed by atoms with Crippen LogP contribution in [0.15, 0.2) is 24.3 Å². The second kappa shape index (κ2) is 7.77. The molecule has 1 aliphatic rings. The molecule has 22 heavy (non-hydrogen) atoms.